The topological polar surface area (TPSA) is 43.4 Å². The first-order chi connectivity index (χ1) is 10.3. The Labute approximate surface area is 130 Å². The Kier molecular flexibility index (Phi) is 6.02. The summed E-state index contributed by atoms with van der Waals surface area (Å²) in [5, 5.41) is 6.38. The number of benzene rings is 1. The average Bonchev–Trinajstić information content (AvgIpc) is 2.99. The number of nitrogens with zero attached hydrogens (tertiary/aromatic N) is 1. The molecule has 0 spiro atoms. The third-order valence-electron chi connectivity index (χ3n) is 2.98. The predicted octanol–water partition coefficient (Wildman–Crippen LogP) is 3.72. The second-order valence-corrected chi connectivity index (χ2v) is 5.50. The quantitative estimate of drug-likeness (QED) is 0.807. The van der Waals surface area contributed by atoms with E-state index in [-0.39, 0.29) is 0 Å². The van der Waals surface area contributed by atoms with Gasteiger partial charge in [0.2, 0.25) is 0 Å². The van der Waals surface area contributed by atoms with E-state index < -0.39 is 0 Å². The van der Waals surface area contributed by atoms with Crippen molar-refractivity contribution >= 4 is 11.3 Å². The number of rotatable bonds is 8. The van der Waals surface area contributed by atoms with Gasteiger partial charge in [0.1, 0.15) is 5.01 Å². The Morgan fingerprint density at radius 2 is 2.10 bits per heavy atom. The zero-order valence-corrected chi connectivity index (χ0v) is 13.6. The van der Waals surface area contributed by atoms with Crippen LogP contribution in [0.5, 0.6) is 11.5 Å². The number of hydrogen-bond acceptors (Lipinski definition) is 5. The first-order valence-corrected chi connectivity index (χ1v) is 8.12. The number of methoxy groups -OCH3 is 1. The number of aromatic nitrogens is 1. The van der Waals surface area contributed by atoms with Gasteiger partial charge < -0.3 is 14.8 Å². The molecule has 0 aliphatic heterocycles. The van der Waals surface area contributed by atoms with Crippen molar-refractivity contribution < 1.29 is 9.47 Å². The van der Waals surface area contributed by atoms with Gasteiger partial charge in [-0.05, 0) is 31.2 Å². The van der Waals surface area contributed by atoms with Crippen LogP contribution in [0.15, 0.2) is 23.6 Å². The molecule has 114 valence electrons. The fourth-order valence-electron chi connectivity index (χ4n) is 1.91. The van der Waals surface area contributed by atoms with Crippen LogP contribution in [-0.4, -0.2) is 25.2 Å². The lowest BCUT2D eigenvalue weighted by atomic mass is 10.2. The minimum atomic E-state index is 0.684. The molecule has 1 aromatic heterocycles. The van der Waals surface area contributed by atoms with Gasteiger partial charge in [-0.3, -0.25) is 0 Å². The van der Waals surface area contributed by atoms with E-state index in [0.29, 0.717) is 6.61 Å². The molecular weight excluding hydrogens is 284 g/mol. The van der Waals surface area contributed by atoms with E-state index in [4.69, 9.17) is 9.47 Å². The van der Waals surface area contributed by atoms with E-state index in [1.54, 1.807) is 18.4 Å². The van der Waals surface area contributed by atoms with Crippen molar-refractivity contribution in [3.8, 4) is 22.1 Å². The maximum atomic E-state index is 5.75. The van der Waals surface area contributed by atoms with Crippen molar-refractivity contribution in [2.45, 2.75) is 26.8 Å². The van der Waals surface area contributed by atoms with Crippen LogP contribution in [0.25, 0.3) is 10.6 Å². The molecule has 0 bridgehead atoms. The van der Waals surface area contributed by atoms with Gasteiger partial charge in [-0.2, -0.15) is 0 Å². The lowest BCUT2D eigenvalue weighted by Gasteiger charge is -2.10. The minimum Gasteiger partial charge on any atom is -0.493 e. The summed E-state index contributed by atoms with van der Waals surface area (Å²) >= 11 is 1.65. The Hall–Kier alpha value is -1.59. The third kappa shape index (κ3) is 4.19. The van der Waals surface area contributed by atoms with E-state index in [9.17, 15) is 0 Å². The van der Waals surface area contributed by atoms with Gasteiger partial charge in [0, 0.05) is 17.5 Å². The van der Waals surface area contributed by atoms with E-state index in [1.165, 1.54) is 0 Å². The summed E-state index contributed by atoms with van der Waals surface area (Å²) in [4.78, 5) is 4.65. The van der Waals surface area contributed by atoms with Gasteiger partial charge in [-0.1, -0.05) is 13.8 Å². The lowest BCUT2D eigenvalue weighted by molar-refractivity contribution is 0.294. The zero-order chi connectivity index (χ0) is 15.1. The molecule has 0 fully saturated rings. The molecule has 21 heavy (non-hydrogen) atoms. The molecule has 1 aromatic carbocycles. The Morgan fingerprint density at radius 1 is 1.24 bits per heavy atom. The molecule has 0 radical (unpaired) electrons. The van der Waals surface area contributed by atoms with E-state index in [0.717, 1.165) is 47.3 Å². The molecule has 4 nitrogen and oxygen atoms in total. The van der Waals surface area contributed by atoms with Gasteiger partial charge in [-0.15, -0.1) is 11.3 Å². The Bertz CT molecular complexity index is 569. The van der Waals surface area contributed by atoms with E-state index in [1.807, 2.05) is 18.2 Å². The maximum Gasteiger partial charge on any atom is 0.161 e. The van der Waals surface area contributed by atoms with Crippen LogP contribution in [0.4, 0.5) is 0 Å². The highest BCUT2D eigenvalue weighted by molar-refractivity contribution is 7.13. The molecule has 0 atom stereocenters. The van der Waals surface area contributed by atoms with E-state index in [2.05, 4.69) is 29.5 Å². The minimum absolute atomic E-state index is 0.684. The molecule has 0 aliphatic carbocycles. The first kappa shape index (κ1) is 15.8. The fourth-order valence-corrected chi connectivity index (χ4v) is 2.73. The molecule has 0 aliphatic rings. The van der Waals surface area contributed by atoms with Crippen LogP contribution >= 0.6 is 11.3 Å². The zero-order valence-electron chi connectivity index (χ0n) is 12.8. The van der Waals surface area contributed by atoms with Crippen LogP contribution in [0.2, 0.25) is 0 Å². The fraction of sp³-hybridized carbons (Fsp3) is 0.438. The van der Waals surface area contributed by atoms with Crippen LogP contribution in [-0.2, 0) is 6.54 Å². The summed E-state index contributed by atoms with van der Waals surface area (Å²) < 4.78 is 11.1. The second-order valence-electron chi connectivity index (χ2n) is 4.64. The van der Waals surface area contributed by atoms with Crippen molar-refractivity contribution in [2.75, 3.05) is 20.3 Å². The Morgan fingerprint density at radius 3 is 2.81 bits per heavy atom. The van der Waals surface area contributed by atoms with Gasteiger partial charge >= 0.3 is 0 Å². The summed E-state index contributed by atoms with van der Waals surface area (Å²) in [7, 11) is 1.66. The number of thiazole rings is 1. The van der Waals surface area contributed by atoms with E-state index >= 15 is 0 Å². The molecule has 0 unspecified atom stereocenters. The van der Waals surface area contributed by atoms with Crippen LogP contribution in [0, 0.1) is 0 Å². The monoisotopic (exact) mass is 306 g/mol. The highest BCUT2D eigenvalue weighted by atomic mass is 32.1. The summed E-state index contributed by atoms with van der Waals surface area (Å²) in [5.41, 5.74) is 2.14. The van der Waals surface area contributed by atoms with Crippen molar-refractivity contribution in [3.63, 3.8) is 0 Å². The molecule has 2 rings (SSSR count). The smallest absolute Gasteiger partial charge is 0.161 e. The third-order valence-corrected chi connectivity index (χ3v) is 3.92. The first-order valence-electron chi connectivity index (χ1n) is 7.24. The summed E-state index contributed by atoms with van der Waals surface area (Å²) in [6.07, 6.45) is 0.970. The molecule has 0 saturated carbocycles. The molecule has 5 heteroatoms. The normalized spacial score (nSPS) is 10.6. The average molecular weight is 306 g/mol. The van der Waals surface area contributed by atoms with Crippen molar-refractivity contribution in [1.82, 2.24) is 10.3 Å². The number of ether oxygens (including phenoxy) is 2. The molecule has 2 aromatic rings. The van der Waals surface area contributed by atoms with Crippen molar-refractivity contribution in [1.29, 1.82) is 0 Å². The predicted molar refractivity (Wildman–Crippen MR) is 87.3 cm³/mol. The van der Waals surface area contributed by atoms with Gasteiger partial charge in [0.15, 0.2) is 11.5 Å². The van der Waals surface area contributed by atoms with Crippen molar-refractivity contribution in [2.24, 2.45) is 0 Å². The SMILES string of the molecule is CCCOc1cc(-c2nc(CNCC)cs2)ccc1OC. The molecule has 1 N–H and O–H groups in total. The maximum absolute atomic E-state index is 5.75. The van der Waals surface area contributed by atoms with Gasteiger partial charge in [0.05, 0.1) is 19.4 Å². The van der Waals surface area contributed by atoms with Gasteiger partial charge in [0.25, 0.3) is 0 Å². The summed E-state index contributed by atoms with van der Waals surface area (Å²) in [6.45, 7) is 6.62. The number of hydrogen-bond donors (Lipinski definition) is 1. The molecule has 0 amide bonds. The molecule has 1 heterocycles. The van der Waals surface area contributed by atoms with Crippen LogP contribution < -0.4 is 14.8 Å². The van der Waals surface area contributed by atoms with Crippen molar-refractivity contribution in [3.05, 3.63) is 29.3 Å². The van der Waals surface area contributed by atoms with Crippen LogP contribution in [0.3, 0.4) is 0 Å². The summed E-state index contributed by atoms with van der Waals surface area (Å²) in [5.74, 6) is 1.54. The highest BCUT2D eigenvalue weighted by Gasteiger charge is 2.10. The second kappa shape index (κ2) is 8.00. The lowest BCUT2D eigenvalue weighted by Crippen LogP contribution is -2.11. The summed E-state index contributed by atoms with van der Waals surface area (Å²) in [6, 6.07) is 5.96. The largest absolute Gasteiger partial charge is 0.493 e. The molecular formula is C16H22N2O2S. The van der Waals surface area contributed by atoms with Gasteiger partial charge in [-0.25, -0.2) is 4.98 Å². The highest BCUT2D eigenvalue weighted by Crippen LogP contribution is 2.33. The number of nitrogens with one attached hydrogen (secondary N) is 1. The Balaban J connectivity index is 2.20. The standard InChI is InChI=1S/C16H22N2O2S/c1-4-8-20-15-9-12(6-7-14(15)19-3)16-18-13(11-21-16)10-17-5-2/h6-7,9,11,17H,4-5,8,10H2,1-3H3. The van der Waals surface area contributed by atoms with Crippen LogP contribution in [0.1, 0.15) is 26.0 Å². The molecule has 0 saturated heterocycles.